The van der Waals surface area contributed by atoms with E-state index in [2.05, 4.69) is 43.5 Å². The zero-order valence-electron chi connectivity index (χ0n) is 9.16. The Hall–Kier alpha value is -0.460. The van der Waals surface area contributed by atoms with Gasteiger partial charge in [-0.1, -0.05) is 27.5 Å². The van der Waals surface area contributed by atoms with Gasteiger partial charge in [0, 0.05) is 32.4 Å². The number of carbonyl (C=O) groups is 1. The van der Waals surface area contributed by atoms with Crippen LogP contribution in [-0.4, -0.2) is 10.8 Å². The van der Waals surface area contributed by atoms with Crippen molar-refractivity contribution in [3.8, 4) is 0 Å². The highest BCUT2D eigenvalue weighted by Crippen LogP contribution is 2.22. The first-order valence-corrected chi connectivity index (χ1v) is 7.39. The number of halogens is 3. The minimum absolute atomic E-state index is 0.0498. The number of aromatic nitrogens is 1. The van der Waals surface area contributed by atoms with E-state index in [0.717, 1.165) is 13.6 Å². The first kappa shape index (κ1) is 14.0. The molecular weight excluding hydrogens is 428 g/mol. The number of carbonyl (C=O) groups excluding carboxylic acids is 1. The third kappa shape index (κ3) is 3.30. The number of rotatable bonds is 3. The number of pyridine rings is 1. The fraction of sp³-hybridized carbons (Fsp3) is 0.0769. The Morgan fingerprint density at radius 1 is 1.39 bits per heavy atom. The summed E-state index contributed by atoms with van der Waals surface area (Å²) in [6.45, 7) is 0. The molecule has 0 amide bonds. The van der Waals surface area contributed by atoms with Gasteiger partial charge in [0.25, 0.3) is 0 Å². The Morgan fingerprint density at radius 3 is 2.89 bits per heavy atom. The topological polar surface area (TPSA) is 30.0 Å². The second-order valence-corrected chi connectivity index (χ2v) is 6.18. The van der Waals surface area contributed by atoms with Gasteiger partial charge in [-0.05, 0) is 52.4 Å². The second-order valence-electron chi connectivity index (χ2n) is 3.69. The minimum Gasteiger partial charge on any atom is -0.294 e. The molecule has 1 heterocycles. The number of benzene rings is 1. The second kappa shape index (κ2) is 6.12. The van der Waals surface area contributed by atoms with Gasteiger partial charge in [-0.25, -0.2) is 0 Å². The fourth-order valence-corrected chi connectivity index (χ4v) is 2.71. The van der Waals surface area contributed by atoms with Crippen molar-refractivity contribution in [3.05, 3.63) is 60.9 Å². The van der Waals surface area contributed by atoms with E-state index in [4.69, 9.17) is 11.6 Å². The van der Waals surface area contributed by atoms with Crippen molar-refractivity contribution in [2.45, 2.75) is 6.42 Å². The van der Waals surface area contributed by atoms with Crippen LogP contribution in [0.5, 0.6) is 0 Å². The number of nitrogens with zero attached hydrogens (tertiary/aromatic N) is 1. The van der Waals surface area contributed by atoms with Crippen LogP contribution in [0.2, 0.25) is 5.02 Å². The summed E-state index contributed by atoms with van der Waals surface area (Å²) < 4.78 is 1.83. The van der Waals surface area contributed by atoms with Crippen molar-refractivity contribution < 1.29 is 4.79 Å². The lowest BCUT2D eigenvalue weighted by Crippen LogP contribution is -2.06. The zero-order chi connectivity index (χ0) is 13.1. The molecule has 1 aromatic heterocycles. The predicted molar refractivity (Wildman–Crippen MR) is 84.1 cm³/mol. The molecule has 0 unspecified atom stereocenters. The summed E-state index contributed by atoms with van der Waals surface area (Å²) >= 11 is 11.5. The van der Waals surface area contributed by atoms with Crippen LogP contribution in [0.3, 0.4) is 0 Å². The summed E-state index contributed by atoms with van der Waals surface area (Å²) in [4.78, 5) is 16.1. The lowest BCUT2D eigenvalue weighted by atomic mass is 10.0. The highest BCUT2D eigenvalue weighted by atomic mass is 127. The molecule has 92 valence electrons. The monoisotopic (exact) mass is 435 g/mol. The third-order valence-electron chi connectivity index (χ3n) is 2.44. The highest BCUT2D eigenvalue weighted by molar-refractivity contribution is 14.1. The summed E-state index contributed by atoms with van der Waals surface area (Å²) in [7, 11) is 0. The first-order chi connectivity index (χ1) is 8.58. The Bertz CT molecular complexity index is 603. The van der Waals surface area contributed by atoms with Crippen LogP contribution in [0.25, 0.3) is 0 Å². The van der Waals surface area contributed by atoms with Crippen LogP contribution in [0.1, 0.15) is 15.9 Å². The van der Waals surface area contributed by atoms with E-state index in [1.165, 1.54) is 0 Å². The molecule has 0 aliphatic rings. The van der Waals surface area contributed by atoms with E-state index < -0.39 is 0 Å². The van der Waals surface area contributed by atoms with Gasteiger partial charge in [0.05, 0.1) is 5.02 Å². The van der Waals surface area contributed by atoms with Gasteiger partial charge in [-0.2, -0.15) is 0 Å². The number of ketones is 1. The largest absolute Gasteiger partial charge is 0.294 e. The van der Waals surface area contributed by atoms with E-state index in [9.17, 15) is 4.79 Å². The van der Waals surface area contributed by atoms with Crippen LogP contribution >= 0.6 is 50.1 Å². The zero-order valence-corrected chi connectivity index (χ0v) is 13.7. The Kier molecular flexibility index (Phi) is 4.75. The van der Waals surface area contributed by atoms with E-state index in [0.29, 0.717) is 10.6 Å². The average Bonchev–Trinajstić information content (AvgIpc) is 2.35. The van der Waals surface area contributed by atoms with Gasteiger partial charge in [0.15, 0.2) is 5.78 Å². The van der Waals surface area contributed by atoms with Crippen molar-refractivity contribution in [1.82, 2.24) is 4.98 Å². The Morgan fingerprint density at radius 2 is 2.17 bits per heavy atom. The number of hydrogen-bond donors (Lipinski definition) is 0. The van der Waals surface area contributed by atoms with Gasteiger partial charge in [0.2, 0.25) is 0 Å². The van der Waals surface area contributed by atoms with Gasteiger partial charge < -0.3 is 0 Å². The lowest BCUT2D eigenvalue weighted by Gasteiger charge is -2.06. The molecule has 0 atom stereocenters. The molecule has 18 heavy (non-hydrogen) atoms. The summed E-state index contributed by atoms with van der Waals surface area (Å²) in [5.41, 5.74) is 1.50. The number of hydrogen-bond acceptors (Lipinski definition) is 2. The van der Waals surface area contributed by atoms with Crippen LogP contribution < -0.4 is 0 Å². The summed E-state index contributed by atoms with van der Waals surface area (Å²) in [5, 5.41) is 0.524. The standard InChI is InChI=1S/C13H8BrClINO/c14-9-1-2-12(16)10(6-9)13(18)5-8-3-4-17-7-11(8)15/h1-4,6-7H,5H2. The van der Waals surface area contributed by atoms with Crippen LogP contribution in [0.4, 0.5) is 0 Å². The molecule has 2 nitrogen and oxygen atoms in total. The maximum Gasteiger partial charge on any atom is 0.168 e. The van der Waals surface area contributed by atoms with Gasteiger partial charge in [0.1, 0.15) is 0 Å². The maximum absolute atomic E-state index is 12.2. The SMILES string of the molecule is O=C(Cc1ccncc1Cl)c1cc(Br)ccc1I. The molecular formula is C13H8BrClINO. The molecule has 0 spiro atoms. The molecule has 0 fully saturated rings. The minimum atomic E-state index is 0.0498. The molecule has 0 radical (unpaired) electrons. The quantitative estimate of drug-likeness (QED) is 0.523. The number of Topliss-reactive ketones (excluding diaryl/α,β-unsaturated/α-hetero) is 1. The molecule has 1 aromatic carbocycles. The molecule has 2 aromatic rings. The van der Waals surface area contributed by atoms with Gasteiger partial charge in [-0.15, -0.1) is 0 Å². The molecule has 0 N–H and O–H groups in total. The van der Waals surface area contributed by atoms with Gasteiger partial charge >= 0.3 is 0 Å². The van der Waals surface area contributed by atoms with Crippen molar-refractivity contribution in [1.29, 1.82) is 0 Å². The molecule has 0 bridgehead atoms. The summed E-state index contributed by atoms with van der Waals surface area (Å²) in [5.74, 6) is 0.0498. The predicted octanol–water partition coefficient (Wildman–Crippen LogP) is 4.53. The summed E-state index contributed by atoms with van der Waals surface area (Å²) in [6, 6.07) is 7.42. The van der Waals surface area contributed by atoms with Gasteiger partial charge in [-0.3, -0.25) is 9.78 Å². The van der Waals surface area contributed by atoms with E-state index in [1.54, 1.807) is 18.5 Å². The normalized spacial score (nSPS) is 10.4. The van der Waals surface area contributed by atoms with Crippen molar-refractivity contribution in [2.75, 3.05) is 0 Å². The van der Waals surface area contributed by atoms with Crippen LogP contribution in [-0.2, 0) is 6.42 Å². The average molecular weight is 436 g/mol. The Labute approximate surface area is 132 Å². The van der Waals surface area contributed by atoms with Crippen molar-refractivity contribution in [2.24, 2.45) is 0 Å². The van der Waals surface area contributed by atoms with Crippen molar-refractivity contribution in [3.63, 3.8) is 0 Å². The maximum atomic E-state index is 12.2. The highest BCUT2D eigenvalue weighted by Gasteiger charge is 2.13. The van der Waals surface area contributed by atoms with E-state index >= 15 is 0 Å². The summed E-state index contributed by atoms with van der Waals surface area (Å²) in [6.07, 6.45) is 3.48. The third-order valence-corrected chi connectivity index (χ3v) is 4.21. The molecule has 2 rings (SSSR count). The van der Waals surface area contributed by atoms with E-state index in [-0.39, 0.29) is 12.2 Å². The van der Waals surface area contributed by atoms with Crippen LogP contribution in [0.15, 0.2) is 41.1 Å². The van der Waals surface area contributed by atoms with E-state index in [1.807, 2.05) is 18.2 Å². The smallest absolute Gasteiger partial charge is 0.168 e. The lowest BCUT2D eigenvalue weighted by molar-refractivity contribution is 0.0992. The molecule has 5 heteroatoms. The fourth-order valence-electron chi connectivity index (χ4n) is 1.53. The van der Waals surface area contributed by atoms with Crippen molar-refractivity contribution >= 4 is 55.9 Å². The molecule has 0 aliphatic heterocycles. The first-order valence-electron chi connectivity index (χ1n) is 5.14. The molecule has 0 aliphatic carbocycles. The molecule has 0 saturated carbocycles. The molecule has 0 saturated heterocycles. The Balaban J connectivity index is 2.28. The van der Waals surface area contributed by atoms with Crippen LogP contribution in [0, 0.1) is 3.57 Å².